The molecule has 2 heterocycles. The van der Waals surface area contributed by atoms with Crippen molar-refractivity contribution in [2.45, 2.75) is 13.5 Å². The van der Waals surface area contributed by atoms with Gasteiger partial charge in [0.1, 0.15) is 5.70 Å². The zero-order chi connectivity index (χ0) is 22.3. The third-order valence-corrected chi connectivity index (χ3v) is 5.43. The number of nitrogens with one attached hydrogen (secondary N) is 2. The van der Waals surface area contributed by atoms with E-state index in [2.05, 4.69) is 20.8 Å². The first-order chi connectivity index (χ1) is 15.6. The summed E-state index contributed by atoms with van der Waals surface area (Å²) >= 11 is 1.46. The van der Waals surface area contributed by atoms with E-state index in [1.54, 1.807) is 18.2 Å². The highest BCUT2D eigenvalue weighted by molar-refractivity contribution is 7.10. The van der Waals surface area contributed by atoms with Gasteiger partial charge in [-0.05, 0) is 36.1 Å². The van der Waals surface area contributed by atoms with Crippen molar-refractivity contribution in [1.29, 1.82) is 0 Å². The van der Waals surface area contributed by atoms with Gasteiger partial charge in [0, 0.05) is 16.0 Å². The van der Waals surface area contributed by atoms with Crippen LogP contribution in [0.25, 0.3) is 17.5 Å². The van der Waals surface area contributed by atoms with E-state index in [1.165, 1.54) is 11.3 Å². The molecule has 7 nitrogen and oxygen atoms in total. The summed E-state index contributed by atoms with van der Waals surface area (Å²) in [6.45, 7) is 1.87. The molecule has 2 N–H and O–H groups in total. The summed E-state index contributed by atoms with van der Waals surface area (Å²) in [5.41, 5.74) is 2.27. The van der Waals surface area contributed by atoms with Gasteiger partial charge in [-0.25, -0.2) is 0 Å². The minimum absolute atomic E-state index is 0.0285. The molecule has 4 aromatic rings. The molecule has 160 valence electrons. The highest BCUT2D eigenvalue weighted by atomic mass is 32.1. The number of hydrogen-bond acceptors (Lipinski definition) is 6. The topological polar surface area (TPSA) is 97.1 Å². The molecule has 0 unspecified atom stereocenters. The second kappa shape index (κ2) is 9.84. The van der Waals surface area contributed by atoms with Crippen molar-refractivity contribution in [3.05, 3.63) is 99.7 Å². The number of aromatic nitrogens is 2. The quantitative estimate of drug-likeness (QED) is 0.417. The van der Waals surface area contributed by atoms with Crippen LogP contribution in [0.5, 0.6) is 0 Å². The molecular weight excluding hydrogens is 424 g/mol. The van der Waals surface area contributed by atoms with Crippen LogP contribution >= 0.6 is 11.3 Å². The zero-order valence-corrected chi connectivity index (χ0v) is 18.1. The number of thiophene rings is 1. The molecule has 0 aliphatic heterocycles. The molecule has 0 bridgehead atoms. The number of nitrogens with zero attached hydrogens (tertiary/aromatic N) is 2. The molecule has 0 aliphatic rings. The molecule has 2 amide bonds. The third kappa shape index (κ3) is 5.16. The minimum Gasteiger partial charge on any atom is -0.342 e. The van der Waals surface area contributed by atoms with Crippen molar-refractivity contribution >= 4 is 29.2 Å². The molecule has 0 saturated carbocycles. The molecule has 0 radical (unpaired) electrons. The van der Waals surface area contributed by atoms with Gasteiger partial charge in [0.15, 0.2) is 0 Å². The number of amides is 2. The van der Waals surface area contributed by atoms with E-state index >= 15 is 0 Å². The van der Waals surface area contributed by atoms with Crippen LogP contribution in [0.3, 0.4) is 0 Å². The Balaban J connectivity index is 1.48. The Morgan fingerprint density at radius 2 is 1.81 bits per heavy atom. The Hall–Kier alpha value is -4.04. The lowest BCUT2D eigenvalue weighted by atomic mass is 10.1. The first-order valence-electron chi connectivity index (χ1n) is 9.88. The average molecular weight is 445 g/mol. The molecule has 4 rings (SSSR count). The fourth-order valence-electron chi connectivity index (χ4n) is 2.97. The Morgan fingerprint density at radius 1 is 1.03 bits per heavy atom. The van der Waals surface area contributed by atoms with Gasteiger partial charge in [0.25, 0.3) is 11.8 Å². The average Bonchev–Trinajstić information content (AvgIpc) is 3.50. The van der Waals surface area contributed by atoms with Crippen LogP contribution in [0.1, 0.15) is 26.7 Å². The molecule has 8 heteroatoms. The second-order valence-corrected chi connectivity index (χ2v) is 7.88. The van der Waals surface area contributed by atoms with Gasteiger partial charge in [-0.1, -0.05) is 59.8 Å². The fourth-order valence-corrected chi connectivity index (χ4v) is 3.63. The SMILES string of the molecule is Cc1ccccc1C(=O)N/C(=C\c1cccs1)C(=O)NCc1nc(-c2ccccc2)no1. The Morgan fingerprint density at radius 3 is 2.56 bits per heavy atom. The summed E-state index contributed by atoms with van der Waals surface area (Å²) < 4.78 is 5.24. The highest BCUT2D eigenvalue weighted by Crippen LogP contribution is 2.16. The van der Waals surface area contributed by atoms with Gasteiger partial charge < -0.3 is 15.2 Å². The smallest absolute Gasteiger partial charge is 0.268 e. The van der Waals surface area contributed by atoms with E-state index < -0.39 is 5.91 Å². The van der Waals surface area contributed by atoms with E-state index in [0.29, 0.717) is 11.4 Å². The van der Waals surface area contributed by atoms with E-state index in [0.717, 1.165) is 16.0 Å². The number of carbonyl (C=O) groups is 2. The molecule has 0 atom stereocenters. The summed E-state index contributed by atoms with van der Waals surface area (Å²) in [5, 5.41) is 11.3. The summed E-state index contributed by atoms with van der Waals surface area (Å²) in [7, 11) is 0. The summed E-state index contributed by atoms with van der Waals surface area (Å²) in [4.78, 5) is 30.8. The monoisotopic (exact) mass is 444 g/mol. The molecule has 2 aromatic carbocycles. The predicted octanol–water partition coefficient (Wildman–Crippen LogP) is 4.19. The van der Waals surface area contributed by atoms with Crippen molar-refractivity contribution in [1.82, 2.24) is 20.8 Å². The van der Waals surface area contributed by atoms with Crippen molar-refractivity contribution in [2.75, 3.05) is 0 Å². The first kappa shape index (κ1) is 21.2. The van der Waals surface area contributed by atoms with Gasteiger partial charge in [0.05, 0.1) is 6.54 Å². The lowest BCUT2D eigenvalue weighted by Crippen LogP contribution is -2.34. The normalized spacial score (nSPS) is 11.2. The lowest BCUT2D eigenvalue weighted by molar-refractivity contribution is -0.118. The largest absolute Gasteiger partial charge is 0.342 e. The number of aryl methyl sites for hydroxylation is 1. The van der Waals surface area contributed by atoms with Gasteiger partial charge in [0.2, 0.25) is 11.7 Å². The number of carbonyl (C=O) groups excluding carboxylic acids is 2. The van der Waals surface area contributed by atoms with E-state index in [9.17, 15) is 9.59 Å². The van der Waals surface area contributed by atoms with Crippen LogP contribution in [0.4, 0.5) is 0 Å². The molecule has 0 spiro atoms. The van der Waals surface area contributed by atoms with Crippen LogP contribution in [0.15, 0.2) is 82.3 Å². The maximum absolute atomic E-state index is 12.9. The molecule has 2 aromatic heterocycles. The van der Waals surface area contributed by atoms with E-state index in [-0.39, 0.29) is 24.0 Å². The maximum atomic E-state index is 12.9. The first-order valence-corrected chi connectivity index (χ1v) is 10.8. The van der Waals surface area contributed by atoms with E-state index in [4.69, 9.17) is 4.52 Å². The molecule has 0 fully saturated rings. The molecule has 32 heavy (non-hydrogen) atoms. The molecule has 0 saturated heterocycles. The Kier molecular flexibility index (Phi) is 6.52. The van der Waals surface area contributed by atoms with Gasteiger partial charge in [-0.3, -0.25) is 9.59 Å². The van der Waals surface area contributed by atoms with Crippen LogP contribution in [-0.4, -0.2) is 22.0 Å². The van der Waals surface area contributed by atoms with Gasteiger partial charge >= 0.3 is 0 Å². The van der Waals surface area contributed by atoms with Gasteiger partial charge in [-0.2, -0.15) is 4.98 Å². The standard InChI is InChI=1S/C24H20N4O3S/c1-16-8-5-6-12-19(16)23(29)26-20(14-18-11-7-13-32-18)24(30)25-15-21-27-22(28-31-21)17-9-3-2-4-10-17/h2-14H,15H2,1H3,(H,25,30)(H,26,29)/b20-14-. The van der Waals surface area contributed by atoms with Crippen LogP contribution in [-0.2, 0) is 11.3 Å². The maximum Gasteiger partial charge on any atom is 0.268 e. The lowest BCUT2D eigenvalue weighted by Gasteiger charge is -2.11. The Labute approximate surface area is 188 Å². The van der Waals surface area contributed by atoms with Gasteiger partial charge in [-0.15, -0.1) is 11.3 Å². The van der Waals surface area contributed by atoms with Crippen LogP contribution in [0, 0.1) is 6.92 Å². The highest BCUT2D eigenvalue weighted by Gasteiger charge is 2.17. The number of benzene rings is 2. The van der Waals surface area contributed by atoms with Crippen molar-refractivity contribution in [3.8, 4) is 11.4 Å². The third-order valence-electron chi connectivity index (χ3n) is 4.61. The predicted molar refractivity (Wildman–Crippen MR) is 123 cm³/mol. The van der Waals surface area contributed by atoms with Crippen molar-refractivity contribution in [2.24, 2.45) is 0 Å². The van der Waals surface area contributed by atoms with E-state index in [1.807, 2.05) is 66.9 Å². The Bertz CT molecular complexity index is 1250. The van der Waals surface area contributed by atoms with Crippen molar-refractivity contribution < 1.29 is 14.1 Å². The van der Waals surface area contributed by atoms with Crippen molar-refractivity contribution in [3.63, 3.8) is 0 Å². The molecule has 0 aliphatic carbocycles. The summed E-state index contributed by atoms with van der Waals surface area (Å²) in [6.07, 6.45) is 1.64. The summed E-state index contributed by atoms with van der Waals surface area (Å²) in [5.74, 6) is -0.111. The second-order valence-electron chi connectivity index (χ2n) is 6.90. The zero-order valence-electron chi connectivity index (χ0n) is 17.2. The molecular formula is C24H20N4O3S. The minimum atomic E-state index is -0.459. The number of rotatable bonds is 7. The summed E-state index contributed by atoms with van der Waals surface area (Å²) in [6, 6.07) is 20.3. The fraction of sp³-hybridized carbons (Fsp3) is 0.0833. The number of hydrogen-bond donors (Lipinski definition) is 2. The van der Waals surface area contributed by atoms with Crippen LogP contribution in [0.2, 0.25) is 0 Å². The van der Waals surface area contributed by atoms with Crippen LogP contribution < -0.4 is 10.6 Å².